The van der Waals surface area contributed by atoms with Gasteiger partial charge in [0.1, 0.15) is 18.2 Å². The summed E-state index contributed by atoms with van der Waals surface area (Å²) in [5.74, 6) is 0.547. The van der Waals surface area contributed by atoms with Gasteiger partial charge in [-0.1, -0.05) is 29.8 Å². The van der Waals surface area contributed by atoms with Gasteiger partial charge in [0.05, 0.1) is 11.6 Å². The Morgan fingerprint density at radius 1 is 1.07 bits per heavy atom. The maximum absolute atomic E-state index is 11.4. The van der Waals surface area contributed by atoms with Gasteiger partial charge >= 0.3 is 5.97 Å². The number of aromatic nitrogens is 1. The van der Waals surface area contributed by atoms with Crippen LogP contribution < -0.4 is 9.64 Å². The van der Waals surface area contributed by atoms with Crippen molar-refractivity contribution in [2.75, 3.05) is 37.7 Å². The summed E-state index contributed by atoms with van der Waals surface area (Å²) in [6, 6.07) is 17.4. The molecule has 1 aromatic heterocycles. The zero-order valence-corrected chi connectivity index (χ0v) is 23.6. The van der Waals surface area contributed by atoms with Crippen molar-refractivity contribution in [1.82, 2.24) is 9.88 Å². The number of benzene rings is 2. The lowest BCUT2D eigenvalue weighted by Crippen LogP contribution is -2.42. The molecule has 7 nitrogen and oxygen atoms in total. The summed E-state index contributed by atoms with van der Waals surface area (Å²) in [5.41, 5.74) is 8.40. The molecule has 3 aliphatic heterocycles. The van der Waals surface area contributed by atoms with E-state index in [0.717, 1.165) is 74.0 Å². The molecule has 3 aliphatic rings. The van der Waals surface area contributed by atoms with E-state index >= 15 is 0 Å². The van der Waals surface area contributed by atoms with Crippen LogP contribution in [0.5, 0.6) is 5.75 Å². The van der Waals surface area contributed by atoms with Crippen molar-refractivity contribution in [2.24, 2.45) is 5.92 Å². The average Bonchev–Trinajstić information content (AvgIpc) is 3.48. The molecule has 0 spiro atoms. The molecule has 1 unspecified atom stereocenters. The van der Waals surface area contributed by atoms with E-state index in [1.165, 1.54) is 22.3 Å². The Morgan fingerprint density at radius 3 is 2.73 bits per heavy atom. The highest BCUT2D eigenvalue weighted by atomic mass is 16.5. The Balaban J connectivity index is 1.18. The van der Waals surface area contributed by atoms with Crippen LogP contribution in [0.25, 0.3) is 11.3 Å². The number of carboxylic acids is 1. The summed E-state index contributed by atoms with van der Waals surface area (Å²) in [6.45, 7) is 9.90. The highest BCUT2D eigenvalue weighted by Crippen LogP contribution is 2.34. The molecule has 2 aromatic carbocycles. The summed E-state index contributed by atoms with van der Waals surface area (Å²) >= 11 is 0. The fourth-order valence-electron chi connectivity index (χ4n) is 6.46. The minimum Gasteiger partial charge on any atom is -0.488 e. The number of anilines is 1. The van der Waals surface area contributed by atoms with Gasteiger partial charge in [0.15, 0.2) is 0 Å². The molecule has 4 heterocycles. The van der Waals surface area contributed by atoms with Gasteiger partial charge in [-0.25, -0.2) is 4.98 Å². The first-order valence-electron chi connectivity index (χ1n) is 14.6. The number of rotatable bonds is 7. The normalized spacial score (nSPS) is 19.9. The number of carboxylic acid groups (broad SMARTS) is 1. The van der Waals surface area contributed by atoms with E-state index in [2.05, 4.69) is 47.9 Å². The van der Waals surface area contributed by atoms with E-state index in [1.54, 1.807) is 0 Å². The summed E-state index contributed by atoms with van der Waals surface area (Å²) in [7, 11) is 0. The van der Waals surface area contributed by atoms with Gasteiger partial charge in [0, 0.05) is 51.0 Å². The molecule has 210 valence electrons. The minimum atomic E-state index is -0.734. The zero-order valence-electron chi connectivity index (χ0n) is 23.6. The van der Waals surface area contributed by atoms with Crippen LogP contribution in [0.3, 0.4) is 0 Å². The van der Waals surface area contributed by atoms with Crippen LogP contribution in [0, 0.1) is 19.8 Å². The van der Waals surface area contributed by atoms with Crippen LogP contribution in [0.4, 0.5) is 5.82 Å². The Hall–Kier alpha value is -3.42. The van der Waals surface area contributed by atoms with Crippen molar-refractivity contribution < 1.29 is 19.4 Å². The van der Waals surface area contributed by atoms with Crippen LogP contribution in [0.1, 0.15) is 47.1 Å². The molecule has 1 atom stereocenters. The van der Waals surface area contributed by atoms with Crippen molar-refractivity contribution in [2.45, 2.75) is 58.7 Å². The van der Waals surface area contributed by atoms with Crippen LogP contribution in [0.15, 0.2) is 48.5 Å². The van der Waals surface area contributed by atoms with E-state index in [1.807, 2.05) is 24.3 Å². The van der Waals surface area contributed by atoms with E-state index < -0.39 is 5.97 Å². The van der Waals surface area contributed by atoms with Gasteiger partial charge in [-0.05, 0) is 86.1 Å². The molecular formula is C33H39N3O4. The first-order valence-corrected chi connectivity index (χ1v) is 14.6. The van der Waals surface area contributed by atoms with Gasteiger partial charge in [-0.15, -0.1) is 0 Å². The van der Waals surface area contributed by atoms with Crippen molar-refractivity contribution in [3.63, 3.8) is 0 Å². The molecule has 0 aliphatic carbocycles. The Morgan fingerprint density at radius 2 is 1.93 bits per heavy atom. The molecule has 0 bridgehead atoms. The lowest BCUT2D eigenvalue weighted by molar-refractivity contribution is -0.140. The number of aliphatic carboxylic acids is 1. The van der Waals surface area contributed by atoms with Crippen LogP contribution in [-0.2, 0) is 29.1 Å². The summed E-state index contributed by atoms with van der Waals surface area (Å²) in [4.78, 5) is 21.1. The molecular weight excluding hydrogens is 502 g/mol. The first-order chi connectivity index (χ1) is 19.4. The smallest absolute Gasteiger partial charge is 0.308 e. The molecule has 2 saturated heterocycles. The Bertz CT molecular complexity index is 1380. The number of nitrogens with zero attached hydrogens (tertiary/aromatic N) is 3. The topological polar surface area (TPSA) is 75.1 Å². The third-order valence-corrected chi connectivity index (χ3v) is 8.76. The largest absolute Gasteiger partial charge is 0.488 e. The predicted octanol–water partition coefficient (Wildman–Crippen LogP) is 5.39. The number of carbonyl (C=O) groups is 1. The second kappa shape index (κ2) is 11.6. The number of fused-ring (bicyclic) bond motifs is 1. The second-order valence-electron chi connectivity index (χ2n) is 11.6. The van der Waals surface area contributed by atoms with Crippen LogP contribution >= 0.6 is 0 Å². The van der Waals surface area contributed by atoms with Crippen LogP contribution in [0.2, 0.25) is 0 Å². The lowest BCUT2D eigenvalue weighted by Gasteiger charge is -2.38. The molecule has 1 N–H and O–H groups in total. The molecule has 0 amide bonds. The predicted molar refractivity (Wildman–Crippen MR) is 156 cm³/mol. The Labute approximate surface area is 236 Å². The third kappa shape index (κ3) is 5.72. The maximum Gasteiger partial charge on any atom is 0.308 e. The summed E-state index contributed by atoms with van der Waals surface area (Å²) in [5, 5.41) is 9.41. The maximum atomic E-state index is 11.4. The van der Waals surface area contributed by atoms with Crippen molar-refractivity contribution >= 4 is 11.8 Å². The number of aryl methyl sites for hydroxylation is 2. The molecule has 3 aromatic rings. The van der Waals surface area contributed by atoms with Gasteiger partial charge < -0.3 is 19.5 Å². The van der Waals surface area contributed by atoms with Crippen LogP contribution in [-0.4, -0.2) is 59.8 Å². The highest BCUT2D eigenvalue weighted by Gasteiger charge is 2.29. The molecule has 40 heavy (non-hydrogen) atoms. The third-order valence-electron chi connectivity index (χ3n) is 8.76. The fraction of sp³-hybridized carbons (Fsp3) is 0.455. The van der Waals surface area contributed by atoms with E-state index in [4.69, 9.17) is 14.5 Å². The molecule has 2 fully saturated rings. The SMILES string of the molecule is Cc1ccc(OCc2cc(C)c3c(c2)CCN(C2CCOCC2)C3)c(-c2cccc(N3CCC(C(=O)O)C3)n2)c1. The van der Waals surface area contributed by atoms with E-state index in [9.17, 15) is 9.90 Å². The summed E-state index contributed by atoms with van der Waals surface area (Å²) in [6.07, 6.45) is 4.00. The van der Waals surface area contributed by atoms with Crippen molar-refractivity contribution in [3.8, 4) is 17.0 Å². The number of hydrogen-bond acceptors (Lipinski definition) is 6. The number of pyridine rings is 1. The molecule has 6 rings (SSSR count). The molecule has 0 radical (unpaired) electrons. The van der Waals surface area contributed by atoms with Crippen molar-refractivity contribution in [3.05, 3.63) is 76.3 Å². The lowest BCUT2D eigenvalue weighted by atomic mass is 9.91. The van der Waals surface area contributed by atoms with Gasteiger partial charge in [-0.3, -0.25) is 9.69 Å². The average molecular weight is 542 g/mol. The quantitative estimate of drug-likeness (QED) is 0.430. The standard InChI is InChI=1S/C33H39N3O4/c1-22-6-7-31(28(16-22)30-4-3-5-32(34-30)36-13-9-26(19-36)33(37)38)40-21-24-17-23(2)29-20-35(12-8-25(29)18-24)27-10-14-39-15-11-27/h3-7,16-18,26-27H,8-15,19-21H2,1-2H3,(H,37,38). The highest BCUT2D eigenvalue weighted by molar-refractivity contribution is 5.73. The van der Waals surface area contributed by atoms with Gasteiger partial charge in [0.2, 0.25) is 0 Å². The number of ether oxygens (including phenoxy) is 2. The molecule has 7 heteroatoms. The second-order valence-corrected chi connectivity index (χ2v) is 11.6. The van der Waals surface area contributed by atoms with Gasteiger partial charge in [-0.2, -0.15) is 0 Å². The van der Waals surface area contributed by atoms with E-state index in [0.29, 0.717) is 32.2 Å². The van der Waals surface area contributed by atoms with E-state index in [-0.39, 0.29) is 5.92 Å². The zero-order chi connectivity index (χ0) is 27.6. The van der Waals surface area contributed by atoms with Gasteiger partial charge in [0.25, 0.3) is 0 Å². The fourth-order valence-corrected chi connectivity index (χ4v) is 6.46. The molecule has 0 saturated carbocycles. The Kier molecular flexibility index (Phi) is 7.76. The van der Waals surface area contributed by atoms with Crippen molar-refractivity contribution in [1.29, 1.82) is 0 Å². The first kappa shape index (κ1) is 26.8. The minimum absolute atomic E-state index is 0.340. The monoisotopic (exact) mass is 541 g/mol. The summed E-state index contributed by atoms with van der Waals surface area (Å²) < 4.78 is 12.0. The number of hydrogen-bond donors (Lipinski definition) is 1.